The van der Waals surface area contributed by atoms with Crippen molar-refractivity contribution in [1.82, 2.24) is 4.90 Å². The number of carbonyl (C=O) groups excluding carboxylic acids is 3. The van der Waals surface area contributed by atoms with Crippen LogP contribution in [0, 0.1) is 0 Å². The number of amides is 2. The molecule has 1 saturated heterocycles. The Morgan fingerprint density at radius 2 is 1.84 bits per heavy atom. The number of methoxy groups -OCH3 is 2. The summed E-state index contributed by atoms with van der Waals surface area (Å²) in [7, 11) is 2.70. The molecule has 1 aliphatic rings. The summed E-state index contributed by atoms with van der Waals surface area (Å²) < 4.78 is 15.9. The molecule has 11 heteroatoms. The van der Waals surface area contributed by atoms with Crippen LogP contribution in [0.15, 0.2) is 39.7 Å². The van der Waals surface area contributed by atoms with Crippen molar-refractivity contribution in [2.24, 2.45) is 0 Å². The van der Waals surface area contributed by atoms with E-state index in [1.807, 2.05) is 0 Å². The van der Waals surface area contributed by atoms with Crippen molar-refractivity contribution in [3.05, 3.63) is 60.9 Å². The van der Waals surface area contributed by atoms with Crippen LogP contribution in [0.5, 0.6) is 11.5 Å². The summed E-state index contributed by atoms with van der Waals surface area (Å²) in [5, 5.41) is 0.310. The monoisotopic (exact) mass is 559 g/mol. The van der Waals surface area contributed by atoms with Gasteiger partial charge in [0.2, 0.25) is 0 Å². The molecule has 1 aliphatic heterocycles. The zero-order valence-corrected chi connectivity index (χ0v) is 20.7. The molecule has 3 rings (SSSR count). The number of ether oxygens (including phenoxy) is 3. The Bertz CT molecular complexity index is 1100. The van der Waals surface area contributed by atoms with Crippen molar-refractivity contribution >= 4 is 74.1 Å². The smallest absolute Gasteiger partial charge is 0.343 e. The number of nitrogens with zero attached hydrogens (tertiary/aromatic N) is 1. The fourth-order valence-electron chi connectivity index (χ4n) is 2.75. The number of thioether (sulfide) groups is 1. The number of hydrogen-bond donors (Lipinski definition) is 0. The second-order valence-electron chi connectivity index (χ2n) is 6.36. The Hall–Kier alpha value is -2.20. The van der Waals surface area contributed by atoms with Crippen molar-refractivity contribution in [2.45, 2.75) is 6.54 Å². The number of hydrogen-bond acceptors (Lipinski definition) is 7. The van der Waals surface area contributed by atoms with Crippen LogP contribution in [0.2, 0.25) is 10.0 Å². The van der Waals surface area contributed by atoms with Gasteiger partial charge in [0.25, 0.3) is 11.1 Å². The molecular weight excluding hydrogens is 545 g/mol. The standard InChI is InChI=1S/C21H16BrCl2NO6S/c1-29-16-6-11(13(22)8-17(16)31-10-19(26)30-2)7-18-20(27)25(21(28)32-18)9-12-14(23)4-3-5-15(12)24/h3-8H,9-10H2,1-2H3/b18-7-. The first-order chi connectivity index (χ1) is 15.2. The molecule has 2 aromatic rings. The Morgan fingerprint density at radius 3 is 2.47 bits per heavy atom. The van der Waals surface area contributed by atoms with E-state index in [0.29, 0.717) is 37.1 Å². The van der Waals surface area contributed by atoms with Gasteiger partial charge < -0.3 is 14.2 Å². The highest BCUT2D eigenvalue weighted by molar-refractivity contribution is 9.10. The van der Waals surface area contributed by atoms with Gasteiger partial charge in [-0.05, 0) is 47.7 Å². The largest absolute Gasteiger partial charge is 0.493 e. The van der Waals surface area contributed by atoms with Crippen molar-refractivity contribution in [1.29, 1.82) is 0 Å². The van der Waals surface area contributed by atoms with E-state index in [0.717, 1.165) is 16.7 Å². The van der Waals surface area contributed by atoms with E-state index in [-0.39, 0.29) is 18.1 Å². The van der Waals surface area contributed by atoms with E-state index in [9.17, 15) is 14.4 Å². The molecule has 0 saturated carbocycles. The topological polar surface area (TPSA) is 82.1 Å². The molecule has 2 aromatic carbocycles. The first-order valence-corrected chi connectivity index (χ1v) is 11.4. The third kappa shape index (κ3) is 5.40. The first-order valence-electron chi connectivity index (χ1n) is 9.00. The fourth-order valence-corrected chi connectivity index (χ4v) is 4.53. The van der Waals surface area contributed by atoms with Crippen molar-refractivity contribution in [3.8, 4) is 11.5 Å². The van der Waals surface area contributed by atoms with Gasteiger partial charge in [0.1, 0.15) is 0 Å². The van der Waals surface area contributed by atoms with Crippen molar-refractivity contribution in [3.63, 3.8) is 0 Å². The number of rotatable bonds is 7. The zero-order chi connectivity index (χ0) is 23.4. The van der Waals surface area contributed by atoms with Gasteiger partial charge in [0.15, 0.2) is 18.1 Å². The van der Waals surface area contributed by atoms with Crippen LogP contribution in [0.3, 0.4) is 0 Å². The Morgan fingerprint density at radius 1 is 1.16 bits per heavy atom. The molecule has 0 spiro atoms. The predicted molar refractivity (Wildman–Crippen MR) is 126 cm³/mol. The number of carbonyl (C=O) groups is 3. The molecule has 168 valence electrons. The molecule has 0 bridgehead atoms. The summed E-state index contributed by atoms with van der Waals surface area (Å²) in [5.74, 6) is -0.360. The summed E-state index contributed by atoms with van der Waals surface area (Å²) >= 11 is 16.6. The van der Waals surface area contributed by atoms with E-state index in [2.05, 4.69) is 20.7 Å². The summed E-state index contributed by atoms with van der Waals surface area (Å²) in [6.45, 7) is -0.326. The second kappa shape index (κ2) is 10.6. The minimum Gasteiger partial charge on any atom is -0.493 e. The van der Waals surface area contributed by atoms with Crippen LogP contribution in [0.1, 0.15) is 11.1 Å². The van der Waals surface area contributed by atoms with E-state index in [1.54, 1.807) is 36.4 Å². The zero-order valence-electron chi connectivity index (χ0n) is 16.8. The van der Waals surface area contributed by atoms with Gasteiger partial charge in [-0.25, -0.2) is 4.79 Å². The predicted octanol–water partition coefficient (Wildman–Crippen LogP) is 5.55. The lowest BCUT2D eigenvalue weighted by Gasteiger charge is -2.15. The molecule has 0 aromatic heterocycles. The van der Waals surface area contributed by atoms with Crippen LogP contribution in [-0.2, 0) is 20.9 Å². The van der Waals surface area contributed by atoms with Gasteiger partial charge >= 0.3 is 5.97 Å². The van der Waals surface area contributed by atoms with Crippen molar-refractivity contribution < 1.29 is 28.6 Å². The normalized spacial score (nSPS) is 14.8. The molecule has 0 N–H and O–H groups in total. The molecule has 0 aliphatic carbocycles. The number of esters is 1. The number of imide groups is 1. The van der Waals surface area contributed by atoms with Gasteiger partial charge in [0, 0.05) is 20.1 Å². The molecule has 0 unspecified atom stereocenters. The van der Waals surface area contributed by atoms with Gasteiger partial charge in [-0.2, -0.15) is 0 Å². The van der Waals surface area contributed by atoms with Gasteiger partial charge in [-0.3, -0.25) is 14.5 Å². The van der Waals surface area contributed by atoms with Gasteiger partial charge in [-0.1, -0.05) is 45.2 Å². The minimum atomic E-state index is -0.542. The lowest BCUT2D eigenvalue weighted by molar-refractivity contribution is -0.142. The molecule has 0 atom stereocenters. The van der Waals surface area contributed by atoms with Crippen LogP contribution >= 0.6 is 50.9 Å². The summed E-state index contributed by atoms with van der Waals surface area (Å²) in [6.07, 6.45) is 1.57. The highest BCUT2D eigenvalue weighted by Gasteiger charge is 2.36. The molecule has 1 fully saturated rings. The number of benzene rings is 2. The van der Waals surface area contributed by atoms with Crippen LogP contribution in [-0.4, -0.2) is 42.8 Å². The maximum atomic E-state index is 12.9. The van der Waals surface area contributed by atoms with E-state index >= 15 is 0 Å². The highest BCUT2D eigenvalue weighted by Crippen LogP contribution is 2.39. The average molecular weight is 561 g/mol. The van der Waals surface area contributed by atoms with Crippen LogP contribution < -0.4 is 9.47 Å². The summed E-state index contributed by atoms with van der Waals surface area (Å²) in [6, 6.07) is 8.19. The first kappa shape index (κ1) is 24.4. The molecule has 2 amide bonds. The molecule has 0 radical (unpaired) electrons. The lowest BCUT2D eigenvalue weighted by Crippen LogP contribution is -2.27. The average Bonchev–Trinajstić information content (AvgIpc) is 3.03. The van der Waals surface area contributed by atoms with Crippen molar-refractivity contribution in [2.75, 3.05) is 20.8 Å². The summed E-state index contributed by atoms with van der Waals surface area (Å²) in [4.78, 5) is 38.0. The summed E-state index contributed by atoms with van der Waals surface area (Å²) in [5.41, 5.74) is 1.07. The van der Waals surface area contributed by atoms with Gasteiger partial charge in [-0.15, -0.1) is 0 Å². The third-order valence-electron chi connectivity index (χ3n) is 4.39. The SMILES string of the molecule is COC(=O)COc1cc(Br)c(/C=C2\SC(=O)N(Cc3c(Cl)cccc3Cl)C2=O)cc1OC. The molecule has 1 heterocycles. The molecular formula is C21H16BrCl2NO6S. The van der Waals surface area contributed by atoms with Gasteiger partial charge in [0.05, 0.1) is 25.7 Å². The lowest BCUT2D eigenvalue weighted by atomic mass is 10.1. The van der Waals surface area contributed by atoms with E-state index in [4.69, 9.17) is 32.7 Å². The maximum Gasteiger partial charge on any atom is 0.343 e. The maximum absolute atomic E-state index is 12.9. The van der Waals surface area contributed by atoms with Crippen LogP contribution in [0.4, 0.5) is 4.79 Å². The minimum absolute atomic E-state index is 0.0364. The Kier molecular flexibility index (Phi) is 8.10. The van der Waals surface area contributed by atoms with Crippen LogP contribution in [0.25, 0.3) is 6.08 Å². The number of halogens is 3. The Labute approximate surface area is 206 Å². The molecule has 7 nitrogen and oxygen atoms in total. The van der Waals surface area contributed by atoms with E-state index in [1.165, 1.54) is 14.2 Å². The third-order valence-corrected chi connectivity index (χ3v) is 6.70. The van der Waals surface area contributed by atoms with E-state index < -0.39 is 17.1 Å². The molecule has 32 heavy (non-hydrogen) atoms. The highest BCUT2D eigenvalue weighted by atomic mass is 79.9. The Balaban J connectivity index is 1.86. The quantitative estimate of drug-likeness (QED) is 0.324. The fraction of sp³-hybridized carbons (Fsp3) is 0.190. The second-order valence-corrected chi connectivity index (χ2v) is 9.02.